The third-order valence-corrected chi connectivity index (χ3v) is 15.3. The number of halogens is 1. The Morgan fingerprint density at radius 2 is 1.90 bits per heavy atom. The second kappa shape index (κ2) is 9.78. The second-order valence-corrected chi connectivity index (χ2v) is 18.1. The van der Waals surface area contributed by atoms with Gasteiger partial charge in [-0.25, -0.2) is 0 Å². The van der Waals surface area contributed by atoms with Crippen LogP contribution in [0.25, 0.3) is 0 Å². The van der Waals surface area contributed by atoms with Crippen LogP contribution in [0.15, 0.2) is 35.5 Å². The monoisotopic (exact) mass is 554 g/mol. The molecule has 0 radical (unpaired) electrons. The van der Waals surface area contributed by atoms with E-state index in [9.17, 15) is 0 Å². The molecule has 3 aliphatic carbocycles. The highest BCUT2D eigenvalue weighted by atomic mass is 127. The van der Waals surface area contributed by atoms with Crippen molar-refractivity contribution < 1.29 is 4.43 Å². The van der Waals surface area contributed by atoms with Crippen molar-refractivity contribution in [3.63, 3.8) is 0 Å². The normalized spacial score (nSPS) is 36.1. The molecular formula is C28H47IOSi. The van der Waals surface area contributed by atoms with Crippen LogP contribution in [0.5, 0.6) is 0 Å². The van der Waals surface area contributed by atoms with E-state index in [1.165, 1.54) is 47.7 Å². The molecule has 0 aromatic carbocycles. The number of alkyl halides is 1. The molecule has 3 fully saturated rings. The predicted octanol–water partition coefficient (Wildman–Crippen LogP) is 9.26. The molecule has 176 valence electrons. The van der Waals surface area contributed by atoms with E-state index >= 15 is 0 Å². The van der Waals surface area contributed by atoms with Crippen LogP contribution in [0.2, 0.25) is 18.1 Å². The minimum absolute atomic E-state index is 0.272. The summed E-state index contributed by atoms with van der Waals surface area (Å²) in [5.74, 6) is 2.54. The van der Waals surface area contributed by atoms with Gasteiger partial charge in [-0.15, -0.1) is 0 Å². The van der Waals surface area contributed by atoms with Crippen LogP contribution in [-0.4, -0.2) is 18.8 Å². The maximum absolute atomic E-state index is 6.79. The summed E-state index contributed by atoms with van der Waals surface area (Å²) >= 11 is 2.60. The van der Waals surface area contributed by atoms with Crippen molar-refractivity contribution >= 4 is 30.9 Å². The quantitative estimate of drug-likeness (QED) is 0.187. The first kappa shape index (κ1) is 25.7. The first-order chi connectivity index (χ1) is 14.4. The standard InChI is InChI=1S/C28H47IOSi/c1-20-11-14-24(30-31(7,8)27(3,4)5)18-23(20)13-12-22-10-9-17-28(6)25(21(2)19-29)15-16-26(22)28/h12-13,21,24-26H,1,9-11,14-19H2,2-8H3/b22-12+,23-13+/t21-,24+,25-,26+,28-/m1/s1. The van der Waals surface area contributed by atoms with Crippen molar-refractivity contribution in [2.45, 2.75) is 110 Å². The molecule has 0 amide bonds. The summed E-state index contributed by atoms with van der Waals surface area (Å²) in [6.07, 6.45) is 15.5. The highest BCUT2D eigenvalue weighted by Gasteiger charge is 2.50. The molecule has 3 aliphatic rings. The zero-order chi connectivity index (χ0) is 23.0. The van der Waals surface area contributed by atoms with Crippen molar-refractivity contribution in [1.29, 1.82) is 0 Å². The maximum atomic E-state index is 6.79. The van der Waals surface area contributed by atoms with Gasteiger partial charge in [-0.05, 0) is 98.2 Å². The lowest BCUT2D eigenvalue weighted by Crippen LogP contribution is -2.44. The molecule has 0 saturated heterocycles. The number of rotatable bonds is 5. The lowest BCUT2D eigenvalue weighted by atomic mass is 9.61. The van der Waals surface area contributed by atoms with E-state index < -0.39 is 8.32 Å². The van der Waals surface area contributed by atoms with Gasteiger partial charge in [0.25, 0.3) is 0 Å². The predicted molar refractivity (Wildman–Crippen MR) is 147 cm³/mol. The molecule has 3 saturated carbocycles. The highest BCUT2D eigenvalue weighted by molar-refractivity contribution is 14.1. The molecule has 0 heterocycles. The van der Waals surface area contributed by atoms with Gasteiger partial charge in [0, 0.05) is 10.5 Å². The van der Waals surface area contributed by atoms with Gasteiger partial charge in [0.05, 0.1) is 0 Å². The van der Waals surface area contributed by atoms with Gasteiger partial charge in [0.2, 0.25) is 0 Å². The Morgan fingerprint density at radius 1 is 1.19 bits per heavy atom. The molecule has 0 aromatic heterocycles. The zero-order valence-electron chi connectivity index (χ0n) is 21.3. The van der Waals surface area contributed by atoms with Crippen LogP contribution in [0, 0.1) is 23.2 Å². The minimum Gasteiger partial charge on any atom is -0.414 e. The molecule has 0 N–H and O–H groups in total. The van der Waals surface area contributed by atoms with Gasteiger partial charge in [-0.3, -0.25) is 0 Å². The highest BCUT2D eigenvalue weighted by Crippen LogP contribution is 2.59. The smallest absolute Gasteiger partial charge is 0.192 e. The van der Waals surface area contributed by atoms with Crippen LogP contribution in [0.4, 0.5) is 0 Å². The fourth-order valence-corrected chi connectivity index (χ4v) is 8.40. The molecule has 0 aromatic rings. The Hall–Kier alpha value is 0.127. The van der Waals surface area contributed by atoms with Gasteiger partial charge >= 0.3 is 0 Å². The Labute approximate surface area is 207 Å². The van der Waals surface area contributed by atoms with Gasteiger partial charge in [-0.2, -0.15) is 0 Å². The lowest BCUT2D eigenvalue weighted by molar-refractivity contribution is 0.106. The summed E-state index contributed by atoms with van der Waals surface area (Å²) in [7, 11) is -1.72. The summed E-state index contributed by atoms with van der Waals surface area (Å²) in [6, 6.07) is 0. The van der Waals surface area contributed by atoms with Gasteiger partial charge < -0.3 is 4.43 Å². The zero-order valence-corrected chi connectivity index (χ0v) is 24.5. The third-order valence-electron chi connectivity index (χ3n) is 9.40. The van der Waals surface area contributed by atoms with Gasteiger partial charge in [-0.1, -0.05) is 87.1 Å². The molecule has 3 heteroatoms. The Balaban J connectivity index is 1.75. The Bertz CT molecular complexity index is 728. The topological polar surface area (TPSA) is 9.23 Å². The molecular weight excluding hydrogens is 507 g/mol. The lowest BCUT2D eigenvalue weighted by Gasteiger charge is -2.44. The molecule has 0 aliphatic heterocycles. The first-order valence-corrected chi connectivity index (χ1v) is 17.1. The fraction of sp³-hybridized carbons (Fsp3) is 0.786. The molecule has 0 unspecified atom stereocenters. The molecule has 3 rings (SSSR count). The van der Waals surface area contributed by atoms with Gasteiger partial charge in [0.15, 0.2) is 8.32 Å². The van der Waals surface area contributed by atoms with E-state index in [-0.39, 0.29) is 5.04 Å². The van der Waals surface area contributed by atoms with Gasteiger partial charge in [0.1, 0.15) is 0 Å². The van der Waals surface area contributed by atoms with Crippen LogP contribution in [-0.2, 0) is 4.43 Å². The Kier molecular flexibility index (Phi) is 8.12. The molecule has 0 spiro atoms. The summed E-state index contributed by atoms with van der Waals surface area (Å²) < 4.78 is 8.08. The van der Waals surface area contributed by atoms with Crippen LogP contribution in [0.1, 0.15) is 86.0 Å². The largest absolute Gasteiger partial charge is 0.414 e. The van der Waals surface area contributed by atoms with Crippen molar-refractivity contribution in [3.05, 3.63) is 35.5 Å². The summed E-state index contributed by atoms with van der Waals surface area (Å²) in [5.41, 5.74) is 5.04. The summed E-state index contributed by atoms with van der Waals surface area (Å²) in [4.78, 5) is 0. The first-order valence-electron chi connectivity index (χ1n) is 12.7. The summed E-state index contributed by atoms with van der Waals surface area (Å²) in [5, 5.41) is 0.272. The molecule has 5 atom stereocenters. The van der Waals surface area contributed by atoms with Crippen molar-refractivity contribution in [2.75, 3.05) is 4.43 Å². The molecule has 0 bridgehead atoms. The average Bonchev–Trinajstić information content (AvgIpc) is 3.04. The van der Waals surface area contributed by atoms with Crippen molar-refractivity contribution in [1.82, 2.24) is 0 Å². The number of hydrogen-bond acceptors (Lipinski definition) is 1. The van der Waals surface area contributed by atoms with E-state index in [1.807, 2.05) is 0 Å². The number of hydrogen-bond donors (Lipinski definition) is 0. The SMILES string of the molecule is C=C1CC[C@H](O[Si](C)(C)C(C)(C)C)C/C1=C\C=C1/CCC[C@]2(C)[C@@H]([C@H](C)CI)CC[C@@H]12. The van der Waals surface area contributed by atoms with Crippen molar-refractivity contribution in [2.24, 2.45) is 23.2 Å². The minimum atomic E-state index is -1.72. The summed E-state index contributed by atoms with van der Waals surface area (Å²) in [6.45, 7) is 21.3. The average molecular weight is 555 g/mol. The molecule has 31 heavy (non-hydrogen) atoms. The molecule has 1 nitrogen and oxygen atoms in total. The van der Waals surface area contributed by atoms with E-state index in [2.05, 4.69) is 89.0 Å². The third kappa shape index (κ3) is 5.45. The second-order valence-electron chi connectivity index (χ2n) is 12.5. The number of allylic oxidation sites excluding steroid dienone is 4. The maximum Gasteiger partial charge on any atom is 0.192 e. The van der Waals surface area contributed by atoms with Crippen LogP contribution >= 0.6 is 22.6 Å². The number of fused-ring (bicyclic) bond motifs is 1. The van der Waals surface area contributed by atoms with Crippen LogP contribution < -0.4 is 0 Å². The van der Waals surface area contributed by atoms with Crippen molar-refractivity contribution in [3.8, 4) is 0 Å². The Morgan fingerprint density at radius 3 is 2.55 bits per heavy atom. The van der Waals surface area contributed by atoms with Crippen LogP contribution in [0.3, 0.4) is 0 Å². The van der Waals surface area contributed by atoms with E-state index in [4.69, 9.17) is 4.43 Å². The fourth-order valence-electron chi connectivity index (χ4n) is 6.40. The van der Waals surface area contributed by atoms with E-state index in [0.717, 1.165) is 37.0 Å². The van der Waals surface area contributed by atoms with E-state index in [1.54, 1.807) is 5.57 Å². The van der Waals surface area contributed by atoms with E-state index in [0.29, 0.717) is 11.5 Å².